The molecule has 1 N–H and O–H groups in total. The standard InChI is InChI=1S/C13H16Br2N2OS/c1-13(2)9-5-16-4-7(9)6-17(13)12(18)8-3-10(14)19-11(8)15/h3,7,9,16H,4-6H2,1-2H3. The fourth-order valence-electron chi connectivity index (χ4n) is 3.40. The van der Waals surface area contributed by atoms with Crippen LogP contribution in [0.5, 0.6) is 0 Å². The molecular formula is C13H16Br2N2OS. The number of thiophene rings is 1. The molecule has 2 atom stereocenters. The molecule has 3 rings (SSSR count). The van der Waals surface area contributed by atoms with Gasteiger partial charge in [0.05, 0.1) is 13.1 Å². The molecule has 0 bridgehead atoms. The van der Waals surface area contributed by atoms with Crippen LogP contribution in [-0.2, 0) is 0 Å². The first-order valence-electron chi connectivity index (χ1n) is 6.38. The highest BCUT2D eigenvalue weighted by Crippen LogP contribution is 2.42. The third-order valence-corrected chi connectivity index (χ3v) is 6.83. The van der Waals surface area contributed by atoms with Crippen molar-refractivity contribution < 1.29 is 4.79 Å². The second kappa shape index (κ2) is 4.83. The highest BCUT2D eigenvalue weighted by Gasteiger charge is 2.51. The van der Waals surface area contributed by atoms with Crippen LogP contribution in [-0.4, -0.2) is 36.0 Å². The maximum atomic E-state index is 12.8. The van der Waals surface area contributed by atoms with Crippen LogP contribution >= 0.6 is 43.2 Å². The third kappa shape index (κ3) is 2.20. The van der Waals surface area contributed by atoms with E-state index in [9.17, 15) is 4.79 Å². The molecule has 0 saturated carbocycles. The van der Waals surface area contributed by atoms with E-state index in [1.165, 1.54) is 0 Å². The molecule has 0 aromatic carbocycles. The lowest BCUT2D eigenvalue weighted by atomic mass is 9.85. The molecule has 1 amide bonds. The van der Waals surface area contributed by atoms with E-state index in [-0.39, 0.29) is 11.4 Å². The average molecular weight is 408 g/mol. The van der Waals surface area contributed by atoms with E-state index >= 15 is 0 Å². The van der Waals surface area contributed by atoms with Crippen molar-refractivity contribution in [3.63, 3.8) is 0 Å². The Bertz CT molecular complexity index is 529. The van der Waals surface area contributed by atoms with Crippen molar-refractivity contribution >= 4 is 49.1 Å². The number of nitrogens with zero attached hydrogens (tertiary/aromatic N) is 1. The summed E-state index contributed by atoms with van der Waals surface area (Å²) in [5, 5.41) is 3.44. The molecule has 1 aromatic heterocycles. The molecule has 6 heteroatoms. The number of rotatable bonds is 1. The van der Waals surface area contributed by atoms with Gasteiger partial charge in [-0.05, 0) is 63.6 Å². The Morgan fingerprint density at radius 1 is 1.47 bits per heavy atom. The van der Waals surface area contributed by atoms with Crippen molar-refractivity contribution in [3.8, 4) is 0 Å². The maximum absolute atomic E-state index is 12.8. The predicted octanol–water partition coefficient (Wildman–Crippen LogP) is 3.34. The third-order valence-electron chi connectivity index (χ3n) is 4.49. The van der Waals surface area contributed by atoms with Gasteiger partial charge in [-0.25, -0.2) is 0 Å². The number of amides is 1. The van der Waals surface area contributed by atoms with Crippen LogP contribution in [0.1, 0.15) is 24.2 Å². The zero-order chi connectivity index (χ0) is 13.8. The molecule has 1 aromatic rings. The average Bonchev–Trinajstić information content (AvgIpc) is 2.96. The molecule has 2 saturated heterocycles. The Morgan fingerprint density at radius 3 is 2.79 bits per heavy atom. The summed E-state index contributed by atoms with van der Waals surface area (Å²) in [6, 6.07) is 1.92. The maximum Gasteiger partial charge on any atom is 0.256 e. The van der Waals surface area contributed by atoms with E-state index in [4.69, 9.17) is 0 Å². The Hall–Kier alpha value is 0.0900. The molecule has 19 heavy (non-hydrogen) atoms. The quantitative estimate of drug-likeness (QED) is 0.774. The number of hydrogen-bond donors (Lipinski definition) is 1. The van der Waals surface area contributed by atoms with Gasteiger partial charge in [0.15, 0.2) is 0 Å². The molecule has 2 fully saturated rings. The highest BCUT2D eigenvalue weighted by molar-refractivity contribution is 9.12. The van der Waals surface area contributed by atoms with Crippen molar-refractivity contribution in [2.24, 2.45) is 11.8 Å². The minimum Gasteiger partial charge on any atom is -0.333 e. The van der Waals surface area contributed by atoms with Gasteiger partial charge in [-0.3, -0.25) is 4.79 Å². The van der Waals surface area contributed by atoms with Crippen LogP contribution in [0.4, 0.5) is 0 Å². The summed E-state index contributed by atoms with van der Waals surface area (Å²) in [5.74, 6) is 1.31. The Balaban J connectivity index is 1.91. The number of hydrogen-bond acceptors (Lipinski definition) is 3. The summed E-state index contributed by atoms with van der Waals surface area (Å²) in [6.45, 7) is 7.31. The summed E-state index contributed by atoms with van der Waals surface area (Å²) in [6.07, 6.45) is 0. The second-order valence-electron chi connectivity index (χ2n) is 5.83. The molecule has 2 aliphatic heterocycles. The molecule has 104 valence electrons. The van der Waals surface area contributed by atoms with E-state index in [2.05, 4.69) is 55.9 Å². The van der Waals surface area contributed by atoms with Gasteiger partial charge < -0.3 is 10.2 Å². The van der Waals surface area contributed by atoms with E-state index < -0.39 is 0 Å². The highest BCUT2D eigenvalue weighted by atomic mass is 79.9. The van der Waals surface area contributed by atoms with E-state index in [0.717, 1.165) is 32.8 Å². The van der Waals surface area contributed by atoms with Crippen molar-refractivity contribution in [2.45, 2.75) is 19.4 Å². The number of halogens is 2. The first-order chi connectivity index (χ1) is 8.91. The SMILES string of the molecule is CC1(C)C2CNCC2CN1C(=O)c1cc(Br)sc1Br. The number of fused-ring (bicyclic) bond motifs is 1. The first kappa shape index (κ1) is 14.0. The predicted molar refractivity (Wildman–Crippen MR) is 84.7 cm³/mol. The molecule has 3 nitrogen and oxygen atoms in total. The molecule has 0 spiro atoms. The summed E-state index contributed by atoms with van der Waals surface area (Å²) >= 11 is 8.49. The van der Waals surface area contributed by atoms with Crippen LogP contribution in [0.15, 0.2) is 13.6 Å². The Labute approximate surface area is 134 Å². The lowest BCUT2D eigenvalue weighted by molar-refractivity contribution is 0.0603. The van der Waals surface area contributed by atoms with Gasteiger partial charge in [-0.1, -0.05) is 0 Å². The fraction of sp³-hybridized carbons (Fsp3) is 0.615. The summed E-state index contributed by atoms with van der Waals surface area (Å²) in [7, 11) is 0. The smallest absolute Gasteiger partial charge is 0.256 e. The van der Waals surface area contributed by atoms with Crippen molar-refractivity contribution in [3.05, 3.63) is 19.2 Å². The topological polar surface area (TPSA) is 32.3 Å². The first-order valence-corrected chi connectivity index (χ1v) is 8.79. The summed E-state index contributed by atoms with van der Waals surface area (Å²) in [5.41, 5.74) is 0.705. The van der Waals surface area contributed by atoms with Crippen molar-refractivity contribution in [2.75, 3.05) is 19.6 Å². The Kier molecular flexibility index (Phi) is 3.57. The van der Waals surface area contributed by atoms with Gasteiger partial charge >= 0.3 is 0 Å². The van der Waals surface area contributed by atoms with E-state index in [1.54, 1.807) is 11.3 Å². The van der Waals surface area contributed by atoms with Crippen LogP contribution in [0.25, 0.3) is 0 Å². The number of nitrogens with one attached hydrogen (secondary N) is 1. The van der Waals surface area contributed by atoms with Gasteiger partial charge in [0, 0.05) is 25.2 Å². The fourth-order valence-corrected chi connectivity index (χ4v) is 6.18. The molecule has 3 heterocycles. The lowest BCUT2D eigenvalue weighted by Gasteiger charge is -2.35. The normalized spacial score (nSPS) is 28.7. The minimum atomic E-state index is -0.0703. The zero-order valence-corrected chi connectivity index (χ0v) is 14.9. The van der Waals surface area contributed by atoms with Gasteiger partial charge in [-0.15, -0.1) is 11.3 Å². The second-order valence-corrected chi connectivity index (χ2v) is 9.58. The van der Waals surface area contributed by atoms with Gasteiger partial charge in [0.25, 0.3) is 5.91 Å². The summed E-state index contributed by atoms with van der Waals surface area (Å²) < 4.78 is 1.90. The van der Waals surface area contributed by atoms with Gasteiger partial charge in [0.2, 0.25) is 0 Å². The molecule has 0 aliphatic carbocycles. The van der Waals surface area contributed by atoms with Crippen molar-refractivity contribution in [1.82, 2.24) is 10.2 Å². The Morgan fingerprint density at radius 2 is 2.21 bits per heavy atom. The lowest BCUT2D eigenvalue weighted by Crippen LogP contribution is -2.47. The minimum absolute atomic E-state index is 0.0703. The van der Waals surface area contributed by atoms with Crippen LogP contribution in [0, 0.1) is 11.8 Å². The largest absolute Gasteiger partial charge is 0.333 e. The van der Waals surface area contributed by atoms with E-state index in [0.29, 0.717) is 11.8 Å². The molecule has 2 unspecified atom stereocenters. The zero-order valence-electron chi connectivity index (χ0n) is 10.9. The van der Waals surface area contributed by atoms with Gasteiger partial charge in [-0.2, -0.15) is 0 Å². The van der Waals surface area contributed by atoms with Crippen LogP contribution < -0.4 is 5.32 Å². The molecule has 0 radical (unpaired) electrons. The van der Waals surface area contributed by atoms with Gasteiger partial charge in [0.1, 0.15) is 0 Å². The molecular weight excluding hydrogens is 392 g/mol. The molecule has 2 aliphatic rings. The van der Waals surface area contributed by atoms with Crippen LogP contribution in [0.2, 0.25) is 0 Å². The number of carbonyl (C=O) groups is 1. The number of carbonyl (C=O) groups excluding carboxylic acids is 1. The number of likely N-dealkylation sites (tertiary alicyclic amines) is 1. The monoisotopic (exact) mass is 406 g/mol. The summed E-state index contributed by atoms with van der Waals surface area (Å²) in [4.78, 5) is 14.8. The van der Waals surface area contributed by atoms with E-state index in [1.807, 2.05) is 6.07 Å². The van der Waals surface area contributed by atoms with Crippen molar-refractivity contribution in [1.29, 1.82) is 0 Å². The van der Waals surface area contributed by atoms with Crippen LogP contribution in [0.3, 0.4) is 0 Å².